The van der Waals surface area contributed by atoms with E-state index in [-0.39, 0.29) is 24.9 Å². The molecule has 0 saturated carbocycles. The standard InChI is InChI=1S/C18H18Cl2N2O3/c1-25-16(12-5-3-2-4-6-12)18(24)22-10-9-21-17(23)13-7-8-14(19)15(20)11-13/h2-8,11,16H,9-10H2,1H3,(H,21,23)(H,22,24). The number of carbonyl (C=O) groups excluding carboxylic acids is 2. The van der Waals surface area contributed by atoms with Crippen molar-refractivity contribution >= 4 is 35.0 Å². The average molecular weight is 381 g/mol. The van der Waals surface area contributed by atoms with E-state index in [0.717, 1.165) is 5.56 Å². The molecule has 5 nitrogen and oxygen atoms in total. The topological polar surface area (TPSA) is 67.4 Å². The van der Waals surface area contributed by atoms with Gasteiger partial charge in [0, 0.05) is 25.8 Å². The van der Waals surface area contributed by atoms with Crippen LogP contribution in [-0.4, -0.2) is 32.0 Å². The number of nitrogens with one attached hydrogen (secondary N) is 2. The molecule has 2 aromatic carbocycles. The van der Waals surface area contributed by atoms with E-state index in [1.807, 2.05) is 30.3 Å². The van der Waals surface area contributed by atoms with Crippen molar-refractivity contribution in [1.29, 1.82) is 0 Å². The zero-order chi connectivity index (χ0) is 18.2. The molecule has 2 N–H and O–H groups in total. The van der Waals surface area contributed by atoms with E-state index in [9.17, 15) is 9.59 Å². The van der Waals surface area contributed by atoms with Crippen LogP contribution in [0.15, 0.2) is 48.5 Å². The summed E-state index contributed by atoms with van der Waals surface area (Å²) in [6, 6.07) is 13.8. The molecule has 0 spiro atoms. The van der Waals surface area contributed by atoms with Crippen LogP contribution in [0.3, 0.4) is 0 Å². The van der Waals surface area contributed by atoms with Crippen molar-refractivity contribution in [3.05, 3.63) is 69.7 Å². The molecular formula is C18H18Cl2N2O3. The highest BCUT2D eigenvalue weighted by Gasteiger charge is 2.19. The smallest absolute Gasteiger partial charge is 0.253 e. The van der Waals surface area contributed by atoms with Crippen molar-refractivity contribution in [2.75, 3.05) is 20.2 Å². The number of benzene rings is 2. The van der Waals surface area contributed by atoms with Crippen molar-refractivity contribution in [1.82, 2.24) is 10.6 Å². The van der Waals surface area contributed by atoms with Gasteiger partial charge in [-0.25, -0.2) is 0 Å². The lowest BCUT2D eigenvalue weighted by molar-refractivity contribution is -0.131. The zero-order valence-corrected chi connectivity index (χ0v) is 15.1. The van der Waals surface area contributed by atoms with Gasteiger partial charge in [0.2, 0.25) is 0 Å². The highest BCUT2D eigenvalue weighted by molar-refractivity contribution is 6.42. The monoisotopic (exact) mass is 380 g/mol. The SMILES string of the molecule is COC(C(=O)NCCNC(=O)c1ccc(Cl)c(Cl)c1)c1ccccc1. The van der Waals surface area contributed by atoms with Crippen LogP contribution >= 0.6 is 23.2 Å². The minimum atomic E-state index is -0.688. The van der Waals surface area contributed by atoms with Gasteiger partial charge in [-0.15, -0.1) is 0 Å². The van der Waals surface area contributed by atoms with Crippen LogP contribution in [-0.2, 0) is 9.53 Å². The third kappa shape index (κ3) is 5.46. The van der Waals surface area contributed by atoms with Gasteiger partial charge in [-0.05, 0) is 23.8 Å². The summed E-state index contributed by atoms with van der Waals surface area (Å²) in [6.45, 7) is 0.550. The quantitative estimate of drug-likeness (QED) is 0.724. The Morgan fingerprint density at radius 1 is 1.00 bits per heavy atom. The third-order valence-electron chi connectivity index (χ3n) is 3.47. The molecule has 0 saturated heterocycles. The molecule has 0 aliphatic heterocycles. The summed E-state index contributed by atoms with van der Waals surface area (Å²) < 4.78 is 5.24. The van der Waals surface area contributed by atoms with Gasteiger partial charge in [0.1, 0.15) is 0 Å². The van der Waals surface area contributed by atoms with Gasteiger partial charge in [0.05, 0.1) is 10.0 Å². The largest absolute Gasteiger partial charge is 0.367 e. The molecule has 2 aromatic rings. The van der Waals surface area contributed by atoms with Gasteiger partial charge >= 0.3 is 0 Å². The summed E-state index contributed by atoms with van der Waals surface area (Å²) >= 11 is 11.7. The first-order chi connectivity index (χ1) is 12.0. The van der Waals surface area contributed by atoms with Crippen LogP contribution < -0.4 is 10.6 Å². The predicted octanol–water partition coefficient (Wildman–Crippen LogP) is 3.23. The number of hydrogen-bond acceptors (Lipinski definition) is 3. The molecule has 0 fully saturated rings. The Kier molecular flexibility index (Phi) is 7.25. The lowest BCUT2D eigenvalue weighted by Crippen LogP contribution is -2.37. The minimum Gasteiger partial charge on any atom is -0.367 e. The summed E-state index contributed by atoms with van der Waals surface area (Å²) in [5.41, 5.74) is 1.17. The van der Waals surface area contributed by atoms with E-state index in [0.29, 0.717) is 15.6 Å². The van der Waals surface area contributed by atoms with Crippen LogP contribution in [0.2, 0.25) is 10.0 Å². The summed E-state index contributed by atoms with van der Waals surface area (Å²) in [5, 5.41) is 6.13. The maximum absolute atomic E-state index is 12.2. The zero-order valence-electron chi connectivity index (χ0n) is 13.6. The Bertz CT molecular complexity index is 738. The maximum Gasteiger partial charge on any atom is 0.253 e. The van der Waals surface area contributed by atoms with Crippen molar-refractivity contribution in [3.8, 4) is 0 Å². The molecule has 0 heterocycles. The Labute approximate surface area is 156 Å². The molecule has 25 heavy (non-hydrogen) atoms. The van der Waals surface area contributed by atoms with E-state index in [2.05, 4.69) is 10.6 Å². The summed E-state index contributed by atoms with van der Waals surface area (Å²) in [7, 11) is 1.48. The molecule has 2 amide bonds. The van der Waals surface area contributed by atoms with Crippen LogP contribution in [0, 0.1) is 0 Å². The lowest BCUT2D eigenvalue weighted by atomic mass is 10.1. The van der Waals surface area contributed by atoms with E-state index in [1.165, 1.54) is 13.2 Å². The van der Waals surface area contributed by atoms with Crippen molar-refractivity contribution in [2.45, 2.75) is 6.10 Å². The molecule has 132 valence electrons. The fourth-order valence-corrected chi connectivity index (χ4v) is 2.51. The minimum absolute atomic E-state index is 0.266. The molecule has 7 heteroatoms. The van der Waals surface area contributed by atoms with E-state index in [4.69, 9.17) is 27.9 Å². The van der Waals surface area contributed by atoms with Gasteiger partial charge in [0.25, 0.3) is 11.8 Å². The fourth-order valence-electron chi connectivity index (χ4n) is 2.22. The number of amides is 2. The Hall–Kier alpha value is -2.08. The van der Waals surface area contributed by atoms with Crippen LogP contribution in [0.1, 0.15) is 22.0 Å². The predicted molar refractivity (Wildman–Crippen MR) is 98.0 cm³/mol. The van der Waals surface area contributed by atoms with Crippen LogP contribution in [0.5, 0.6) is 0 Å². The number of hydrogen-bond donors (Lipinski definition) is 2. The number of methoxy groups -OCH3 is 1. The number of rotatable bonds is 7. The van der Waals surface area contributed by atoms with Gasteiger partial charge in [0.15, 0.2) is 6.10 Å². The van der Waals surface area contributed by atoms with Gasteiger partial charge < -0.3 is 15.4 Å². The highest BCUT2D eigenvalue weighted by Crippen LogP contribution is 2.22. The second-order valence-corrected chi connectivity index (χ2v) is 6.02. The Balaban J connectivity index is 1.80. The van der Waals surface area contributed by atoms with E-state index >= 15 is 0 Å². The Morgan fingerprint density at radius 3 is 2.32 bits per heavy atom. The van der Waals surface area contributed by atoms with Gasteiger partial charge in [-0.2, -0.15) is 0 Å². The lowest BCUT2D eigenvalue weighted by Gasteiger charge is -2.15. The van der Waals surface area contributed by atoms with Crippen LogP contribution in [0.25, 0.3) is 0 Å². The summed E-state index contributed by atoms with van der Waals surface area (Å²) in [5.74, 6) is -0.559. The number of carbonyl (C=O) groups is 2. The molecule has 0 aliphatic carbocycles. The highest BCUT2D eigenvalue weighted by atomic mass is 35.5. The molecule has 0 bridgehead atoms. The number of ether oxygens (including phenoxy) is 1. The van der Waals surface area contributed by atoms with Crippen molar-refractivity contribution in [2.24, 2.45) is 0 Å². The molecule has 0 aliphatic rings. The molecule has 2 rings (SSSR count). The molecule has 1 atom stereocenters. The van der Waals surface area contributed by atoms with E-state index in [1.54, 1.807) is 12.1 Å². The first kappa shape index (κ1) is 19.2. The second-order valence-electron chi connectivity index (χ2n) is 5.20. The molecule has 0 aromatic heterocycles. The first-order valence-electron chi connectivity index (χ1n) is 7.61. The average Bonchev–Trinajstić information content (AvgIpc) is 2.62. The molecule has 1 unspecified atom stereocenters. The fraction of sp³-hybridized carbons (Fsp3) is 0.222. The number of halogens is 2. The Morgan fingerprint density at radius 2 is 1.68 bits per heavy atom. The van der Waals surface area contributed by atoms with Crippen LogP contribution in [0.4, 0.5) is 0 Å². The summed E-state index contributed by atoms with van der Waals surface area (Å²) in [6.07, 6.45) is -0.688. The first-order valence-corrected chi connectivity index (χ1v) is 8.37. The van der Waals surface area contributed by atoms with Crippen molar-refractivity contribution in [3.63, 3.8) is 0 Å². The maximum atomic E-state index is 12.2. The molecular weight excluding hydrogens is 363 g/mol. The molecule has 0 radical (unpaired) electrons. The van der Waals surface area contributed by atoms with Gasteiger partial charge in [-0.3, -0.25) is 9.59 Å². The van der Waals surface area contributed by atoms with E-state index < -0.39 is 6.10 Å². The van der Waals surface area contributed by atoms with Crippen molar-refractivity contribution < 1.29 is 14.3 Å². The third-order valence-corrected chi connectivity index (χ3v) is 4.21. The second kappa shape index (κ2) is 9.42. The van der Waals surface area contributed by atoms with Gasteiger partial charge in [-0.1, -0.05) is 53.5 Å². The summed E-state index contributed by atoms with van der Waals surface area (Å²) in [4.78, 5) is 24.2. The normalized spacial score (nSPS) is 11.6.